The van der Waals surface area contributed by atoms with Crippen molar-refractivity contribution in [3.05, 3.63) is 63.6 Å². The first-order valence-electron chi connectivity index (χ1n) is 5.96. The number of benzene rings is 2. The van der Waals surface area contributed by atoms with E-state index in [1.807, 2.05) is 42.5 Å². The number of hydrogen-bond donors (Lipinski definition) is 1. The van der Waals surface area contributed by atoms with Gasteiger partial charge in [-0.15, -0.1) is 0 Å². The van der Waals surface area contributed by atoms with Gasteiger partial charge >= 0.3 is 0 Å². The molecule has 0 aliphatic rings. The minimum atomic E-state index is 0.633. The molecule has 0 unspecified atom stereocenters. The maximum atomic E-state index is 6.08. The lowest BCUT2D eigenvalue weighted by molar-refractivity contribution is 0.415. The Hall–Kier alpha value is -1.22. The molecule has 0 fully saturated rings. The third kappa shape index (κ3) is 4.13. The number of halogens is 2. The number of nitrogens with one attached hydrogen (secondary N) is 1. The van der Waals surface area contributed by atoms with Crippen LogP contribution in [-0.4, -0.2) is 7.11 Å². The van der Waals surface area contributed by atoms with Crippen molar-refractivity contribution in [1.29, 1.82) is 0 Å². The molecule has 19 heavy (non-hydrogen) atoms. The van der Waals surface area contributed by atoms with Crippen molar-refractivity contribution in [2.45, 2.75) is 13.1 Å². The highest BCUT2D eigenvalue weighted by Crippen LogP contribution is 2.24. The number of hydrogen-bond acceptors (Lipinski definition) is 2. The summed E-state index contributed by atoms with van der Waals surface area (Å²) in [6, 6.07) is 13.6. The molecular formula is C15H15Cl2NO. The van der Waals surface area contributed by atoms with Gasteiger partial charge in [0.25, 0.3) is 0 Å². The third-order valence-electron chi connectivity index (χ3n) is 2.79. The summed E-state index contributed by atoms with van der Waals surface area (Å²) in [5.41, 5.74) is 2.32. The summed E-state index contributed by atoms with van der Waals surface area (Å²) < 4.78 is 5.12. The molecule has 0 aromatic heterocycles. The monoisotopic (exact) mass is 295 g/mol. The summed E-state index contributed by atoms with van der Waals surface area (Å²) in [7, 11) is 1.61. The summed E-state index contributed by atoms with van der Waals surface area (Å²) in [6.07, 6.45) is 0. The lowest BCUT2D eigenvalue weighted by atomic mass is 10.2. The fourth-order valence-electron chi connectivity index (χ4n) is 1.77. The van der Waals surface area contributed by atoms with E-state index in [2.05, 4.69) is 5.32 Å². The molecule has 2 nitrogen and oxygen atoms in total. The first kappa shape index (κ1) is 14.2. The van der Waals surface area contributed by atoms with E-state index in [9.17, 15) is 0 Å². The van der Waals surface area contributed by atoms with Crippen molar-refractivity contribution in [3.63, 3.8) is 0 Å². The van der Waals surface area contributed by atoms with Gasteiger partial charge in [0.15, 0.2) is 0 Å². The van der Waals surface area contributed by atoms with Gasteiger partial charge in [0.1, 0.15) is 5.75 Å². The summed E-state index contributed by atoms with van der Waals surface area (Å²) in [6.45, 7) is 1.55. The molecule has 2 aromatic rings. The second-order valence-corrected chi connectivity index (χ2v) is 5.04. The highest BCUT2D eigenvalue weighted by Gasteiger charge is 2.01. The molecule has 0 atom stereocenters. The zero-order valence-electron chi connectivity index (χ0n) is 10.6. The van der Waals surface area contributed by atoms with E-state index in [-0.39, 0.29) is 0 Å². The van der Waals surface area contributed by atoms with Crippen LogP contribution in [-0.2, 0) is 13.1 Å². The normalized spacial score (nSPS) is 10.5. The molecule has 0 heterocycles. The van der Waals surface area contributed by atoms with Crippen molar-refractivity contribution in [3.8, 4) is 5.75 Å². The third-order valence-corrected chi connectivity index (χ3v) is 3.34. The predicted octanol–water partition coefficient (Wildman–Crippen LogP) is 4.29. The molecule has 4 heteroatoms. The van der Waals surface area contributed by atoms with Crippen LogP contribution in [0.25, 0.3) is 0 Å². The van der Waals surface area contributed by atoms with Crippen molar-refractivity contribution in [2.75, 3.05) is 7.11 Å². The van der Waals surface area contributed by atoms with Crippen LogP contribution in [0.4, 0.5) is 0 Å². The summed E-state index contributed by atoms with van der Waals surface area (Å²) in [5.74, 6) is 0.697. The Kier molecular flexibility index (Phi) is 5.08. The van der Waals surface area contributed by atoms with Gasteiger partial charge in [-0.25, -0.2) is 0 Å². The Labute approximate surface area is 123 Å². The Balaban J connectivity index is 1.88. The molecule has 0 aliphatic heterocycles. The van der Waals surface area contributed by atoms with Gasteiger partial charge in [-0.2, -0.15) is 0 Å². The maximum Gasteiger partial charge on any atom is 0.137 e. The Bertz CT molecular complexity index is 540. The minimum absolute atomic E-state index is 0.633. The van der Waals surface area contributed by atoms with Crippen LogP contribution in [0.5, 0.6) is 5.75 Å². The second kappa shape index (κ2) is 6.80. The summed E-state index contributed by atoms with van der Waals surface area (Å²) >= 11 is 11.9. The van der Waals surface area contributed by atoms with Crippen molar-refractivity contribution in [2.24, 2.45) is 0 Å². The van der Waals surface area contributed by atoms with Crippen molar-refractivity contribution < 1.29 is 4.74 Å². The highest BCUT2D eigenvalue weighted by molar-refractivity contribution is 6.32. The molecule has 0 spiro atoms. The molecule has 0 bridgehead atoms. The first-order valence-corrected chi connectivity index (χ1v) is 6.72. The molecule has 2 rings (SSSR count). The van der Waals surface area contributed by atoms with Crippen LogP contribution in [0, 0.1) is 0 Å². The zero-order chi connectivity index (χ0) is 13.7. The van der Waals surface area contributed by atoms with Crippen LogP contribution in [0.15, 0.2) is 42.5 Å². The molecule has 0 amide bonds. The van der Waals surface area contributed by atoms with E-state index in [1.165, 1.54) is 5.56 Å². The molecule has 0 saturated carbocycles. The Morgan fingerprint density at radius 2 is 1.58 bits per heavy atom. The second-order valence-electron chi connectivity index (χ2n) is 4.20. The quantitative estimate of drug-likeness (QED) is 0.888. The molecule has 0 radical (unpaired) electrons. The van der Waals surface area contributed by atoms with E-state index >= 15 is 0 Å². The predicted molar refractivity (Wildman–Crippen MR) is 80.0 cm³/mol. The minimum Gasteiger partial charge on any atom is -0.495 e. The fourth-order valence-corrected chi connectivity index (χ4v) is 2.18. The lowest BCUT2D eigenvalue weighted by Gasteiger charge is -2.08. The van der Waals surface area contributed by atoms with E-state index in [0.717, 1.165) is 23.7 Å². The molecule has 1 N–H and O–H groups in total. The fraction of sp³-hybridized carbons (Fsp3) is 0.200. The number of methoxy groups -OCH3 is 1. The summed E-state index contributed by atoms with van der Waals surface area (Å²) in [5, 5.41) is 4.75. The van der Waals surface area contributed by atoms with Crippen LogP contribution < -0.4 is 10.1 Å². The molecule has 2 aromatic carbocycles. The Morgan fingerprint density at radius 1 is 0.947 bits per heavy atom. The van der Waals surface area contributed by atoms with E-state index < -0.39 is 0 Å². The van der Waals surface area contributed by atoms with Gasteiger partial charge in [0, 0.05) is 18.1 Å². The van der Waals surface area contributed by atoms with Gasteiger partial charge in [-0.1, -0.05) is 41.4 Å². The summed E-state index contributed by atoms with van der Waals surface area (Å²) in [4.78, 5) is 0. The topological polar surface area (TPSA) is 21.3 Å². The zero-order valence-corrected chi connectivity index (χ0v) is 12.1. The lowest BCUT2D eigenvalue weighted by Crippen LogP contribution is -2.12. The average Bonchev–Trinajstić information content (AvgIpc) is 2.41. The van der Waals surface area contributed by atoms with Crippen LogP contribution in [0.1, 0.15) is 11.1 Å². The largest absolute Gasteiger partial charge is 0.495 e. The van der Waals surface area contributed by atoms with Gasteiger partial charge in [0.05, 0.1) is 12.1 Å². The standard InChI is InChI=1S/C15H15Cl2NO/c1-19-15-7-4-12(8-14(15)17)10-18-9-11-2-5-13(16)6-3-11/h2-8,18H,9-10H2,1H3. The highest BCUT2D eigenvalue weighted by atomic mass is 35.5. The van der Waals surface area contributed by atoms with Crippen LogP contribution in [0.3, 0.4) is 0 Å². The molecule has 100 valence electrons. The van der Waals surface area contributed by atoms with Gasteiger partial charge < -0.3 is 10.1 Å². The molecule has 0 aliphatic carbocycles. The van der Waals surface area contributed by atoms with E-state index in [4.69, 9.17) is 27.9 Å². The Morgan fingerprint density at radius 3 is 2.21 bits per heavy atom. The number of ether oxygens (including phenoxy) is 1. The molecule has 0 saturated heterocycles. The smallest absolute Gasteiger partial charge is 0.137 e. The maximum absolute atomic E-state index is 6.08. The van der Waals surface area contributed by atoms with Crippen LogP contribution >= 0.6 is 23.2 Å². The van der Waals surface area contributed by atoms with E-state index in [0.29, 0.717) is 10.8 Å². The van der Waals surface area contributed by atoms with Gasteiger partial charge in [0.2, 0.25) is 0 Å². The number of rotatable bonds is 5. The van der Waals surface area contributed by atoms with Crippen molar-refractivity contribution in [1.82, 2.24) is 5.32 Å². The average molecular weight is 296 g/mol. The van der Waals surface area contributed by atoms with Gasteiger partial charge in [-0.05, 0) is 35.4 Å². The van der Waals surface area contributed by atoms with Crippen LogP contribution in [0.2, 0.25) is 10.0 Å². The van der Waals surface area contributed by atoms with Gasteiger partial charge in [-0.3, -0.25) is 0 Å². The van der Waals surface area contributed by atoms with Crippen molar-refractivity contribution >= 4 is 23.2 Å². The first-order chi connectivity index (χ1) is 9.19. The SMILES string of the molecule is COc1ccc(CNCc2ccc(Cl)cc2)cc1Cl. The molecular weight excluding hydrogens is 281 g/mol. The van der Waals surface area contributed by atoms with E-state index in [1.54, 1.807) is 7.11 Å².